The number of para-hydroxylation sites is 2. The minimum absolute atomic E-state index is 0.877. The summed E-state index contributed by atoms with van der Waals surface area (Å²) in [5.74, 6) is 0. The summed E-state index contributed by atoms with van der Waals surface area (Å²) in [5, 5.41) is 20.0. The molecule has 104 heavy (non-hydrogen) atoms. The highest BCUT2D eigenvalue weighted by Gasteiger charge is 2.47. The lowest BCUT2D eigenvalue weighted by Gasteiger charge is -2.29. The molecule has 490 valence electrons. The van der Waals surface area contributed by atoms with Gasteiger partial charge in [-0.25, -0.2) is 0 Å². The van der Waals surface area contributed by atoms with E-state index in [4.69, 9.17) is 8.83 Å². The fourth-order valence-corrected chi connectivity index (χ4v) is 24.0. The fraction of sp³-hybridized carbons (Fsp3) is 0.0408. The smallest absolute Gasteiger partial charge is 0.160 e. The standard InChI is InChI=1S/C98H68N2O2Si2/c1-103(2)89-58-84-90(57-83(89)94-91(103)60-86(97-96(94)82-34-14-16-40-88(82)101-97)100(71-53-45-67(46-54-71)79-37-19-27-63-23-7-11-31-75(63)79)72-55-47-68(48-56-72)80-38-20-28-64-24-8-12-32-76(64)80)104(3,4)92-59-85(93-81-33-13-15-39-87(81)102-98(93)95(84)92)99(69-49-41-65(42-50-69)77-35-17-25-61-21-5-9-29-73(61)77)70-51-43-66(44-52-70)78-36-18-26-62-22-6-10-30-74(62)78/h5-60H,1-4H3. The van der Waals surface area contributed by atoms with E-state index in [0.29, 0.717) is 0 Å². The molecular formula is C98H68N2O2Si2. The first kappa shape index (κ1) is 60.2. The molecule has 2 aliphatic rings. The van der Waals surface area contributed by atoms with Gasteiger partial charge >= 0.3 is 0 Å². The first-order valence-corrected chi connectivity index (χ1v) is 42.2. The number of benzene rings is 17. The lowest BCUT2D eigenvalue weighted by atomic mass is 9.94. The van der Waals surface area contributed by atoms with Gasteiger partial charge in [-0.2, -0.15) is 0 Å². The summed E-state index contributed by atoms with van der Waals surface area (Å²) in [4.78, 5) is 4.97. The van der Waals surface area contributed by atoms with Crippen LogP contribution in [0.2, 0.25) is 26.2 Å². The van der Waals surface area contributed by atoms with Gasteiger partial charge in [0.2, 0.25) is 0 Å². The minimum atomic E-state index is -2.61. The molecule has 0 saturated carbocycles. The van der Waals surface area contributed by atoms with Crippen molar-refractivity contribution in [3.63, 3.8) is 0 Å². The van der Waals surface area contributed by atoms with Crippen LogP contribution >= 0.6 is 0 Å². The van der Waals surface area contributed by atoms with Crippen LogP contribution in [0.5, 0.6) is 0 Å². The Bertz CT molecular complexity index is 6520. The number of fused-ring (bicyclic) bond motifs is 18. The third-order valence-electron chi connectivity index (χ3n) is 23.0. The van der Waals surface area contributed by atoms with Crippen molar-refractivity contribution in [3.8, 4) is 66.8 Å². The predicted molar refractivity (Wildman–Crippen MR) is 447 cm³/mol. The van der Waals surface area contributed by atoms with Crippen LogP contribution in [-0.2, 0) is 0 Å². The maximum atomic E-state index is 7.49. The molecule has 0 saturated heterocycles. The molecular weight excluding hydrogens is 1290 g/mol. The molecule has 21 rings (SSSR count). The van der Waals surface area contributed by atoms with Crippen molar-refractivity contribution in [1.29, 1.82) is 0 Å². The maximum absolute atomic E-state index is 7.49. The predicted octanol–water partition coefficient (Wildman–Crippen LogP) is 25.3. The van der Waals surface area contributed by atoms with Crippen molar-refractivity contribution in [2.45, 2.75) is 26.2 Å². The highest BCUT2D eigenvalue weighted by Crippen LogP contribution is 2.52. The van der Waals surface area contributed by atoms with Gasteiger partial charge < -0.3 is 18.6 Å². The Morgan fingerprint density at radius 2 is 0.529 bits per heavy atom. The van der Waals surface area contributed by atoms with Gasteiger partial charge in [-0.3, -0.25) is 0 Å². The number of nitrogens with zero attached hydrogens (tertiary/aromatic N) is 2. The second-order valence-electron chi connectivity index (χ2n) is 29.4. The first-order valence-electron chi connectivity index (χ1n) is 36.2. The van der Waals surface area contributed by atoms with E-state index in [-0.39, 0.29) is 0 Å². The summed E-state index contributed by atoms with van der Waals surface area (Å²) < 4.78 is 14.9. The monoisotopic (exact) mass is 1360 g/mol. The van der Waals surface area contributed by atoms with Crippen LogP contribution < -0.4 is 30.5 Å². The quantitative estimate of drug-likeness (QED) is 0.128. The SMILES string of the molecule is C[Si]1(C)c2cc3c(cc2-c2c1cc(N(c1ccc(-c4cccc5ccccc45)cc1)c1ccc(-c4cccc5ccccc45)cc1)c1c2oc2ccccc21)[Si](C)(C)c1cc(N(c2ccc(-c4cccc5ccccc45)cc2)c2ccc(-c4cccc5ccccc45)cc2)c2oc4ccccc4c2c1-3. The Morgan fingerprint density at radius 1 is 0.231 bits per heavy atom. The molecule has 0 radical (unpaired) electrons. The molecule has 0 unspecified atom stereocenters. The van der Waals surface area contributed by atoms with E-state index in [1.807, 2.05) is 0 Å². The van der Waals surface area contributed by atoms with E-state index in [1.54, 1.807) is 0 Å². The van der Waals surface area contributed by atoms with Crippen molar-refractivity contribution in [2.75, 3.05) is 9.80 Å². The molecule has 0 N–H and O–H groups in total. The zero-order valence-corrected chi connectivity index (χ0v) is 60.0. The lowest BCUT2D eigenvalue weighted by molar-refractivity contribution is 0.669. The molecule has 0 aliphatic carbocycles. The topological polar surface area (TPSA) is 32.8 Å². The highest BCUT2D eigenvalue weighted by atomic mass is 28.3. The van der Waals surface area contributed by atoms with Gasteiger partial charge in [0, 0.05) is 44.5 Å². The number of furan rings is 2. The summed E-state index contributed by atoms with van der Waals surface area (Å²) in [6.07, 6.45) is 0. The Balaban J connectivity index is 0.749. The third kappa shape index (κ3) is 9.08. The van der Waals surface area contributed by atoms with Gasteiger partial charge in [-0.1, -0.05) is 293 Å². The minimum Gasteiger partial charge on any atom is -0.455 e. The van der Waals surface area contributed by atoms with Crippen LogP contribution in [0.15, 0.2) is 349 Å². The second kappa shape index (κ2) is 23.0. The van der Waals surface area contributed by atoms with E-state index in [0.717, 1.165) is 72.6 Å². The van der Waals surface area contributed by atoms with Crippen LogP contribution in [0.4, 0.5) is 34.1 Å². The number of anilines is 6. The summed E-state index contributed by atoms with van der Waals surface area (Å²) in [6.45, 7) is 10.3. The number of hydrogen-bond donors (Lipinski definition) is 0. The van der Waals surface area contributed by atoms with Crippen molar-refractivity contribution in [2.24, 2.45) is 0 Å². The molecule has 0 atom stereocenters. The highest BCUT2D eigenvalue weighted by molar-refractivity contribution is 7.06. The summed E-state index contributed by atoms with van der Waals surface area (Å²) in [6, 6.07) is 126. The van der Waals surface area contributed by atoms with E-state index >= 15 is 0 Å². The average Bonchev–Trinajstić information content (AvgIpc) is 1.51. The first-order chi connectivity index (χ1) is 51.1. The molecule has 2 aromatic heterocycles. The molecule has 6 heteroatoms. The van der Waals surface area contributed by atoms with Gasteiger partial charge in [0.05, 0.1) is 16.8 Å². The molecule has 2 aliphatic heterocycles. The molecule has 4 nitrogen and oxygen atoms in total. The van der Waals surface area contributed by atoms with E-state index < -0.39 is 16.1 Å². The summed E-state index contributed by atoms with van der Waals surface area (Å²) in [7, 11) is -5.21. The average molecular weight is 1360 g/mol. The summed E-state index contributed by atoms with van der Waals surface area (Å²) in [5.41, 5.74) is 24.7. The Hall–Kier alpha value is -12.6. The molecule has 0 bridgehead atoms. The van der Waals surface area contributed by atoms with Crippen LogP contribution in [-0.4, -0.2) is 16.1 Å². The molecule has 19 aromatic rings. The fourth-order valence-electron chi connectivity index (χ4n) is 17.9. The van der Waals surface area contributed by atoms with Crippen molar-refractivity contribution in [3.05, 3.63) is 340 Å². The number of hydrogen-bond acceptors (Lipinski definition) is 4. The van der Waals surface area contributed by atoms with Gasteiger partial charge in [0.15, 0.2) is 5.58 Å². The maximum Gasteiger partial charge on any atom is 0.160 e. The van der Waals surface area contributed by atoms with Gasteiger partial charge in [0.25, 0.3) is 0 Å². The van der Waals surface area contributed by atoms with E-state index in [2.05, 4.69) is 376 Å². The Labute approximate surface area is 605 Å². The van der Waals surface area contributed by atoms with Gasteiger partial charge in [-0.05, 0) is 198 Å². The normalized spacial score (nSPS) is 13.3. The molecule has 0 spiro atoms. The lowest BCUT2D eigenvalue weighted by Crippen LogP contribution is -2.51. The van der Waals surface area contributed by atoms with Crippen molar-refractivity contribution >= 4 is 158 Å². The molecule has 0 amide bonds. The summed E-state index contributed by atoms with van der Waals surface area (Å²) >= 11 is 0. The molecule has 0 fully saturated rings. The largest absolute Gasteiger partial charge is 0.455 e. The zero-order chi connectivity index (χ0) is 69.1. The third-order valence-corrected chi connectivity index (χ3v) is 30.0. The Kier molecular flexibility index (Phi) is 13.3. The van der Waals surface area contributed by atoms with Crippen molar-refractivity contribution < 1.29 is 8.83 Å². The van der Waals surface area contributed by atoms with E-state index in [9.17, 15) is 0 Å². The number of rotatable bonds is 10. The Morgan fingerprint density at radius 3 is 0.923 bits per heavy atom. The zero-order valence-electron chi connectivity index (χ0n) is 58.0. The van der Waals surface area contributed by atoms with Gasteiger partial charge in [-0.15, -0.1) is 0 Å². The van der Waals surface area contributed by atoms with E-state index in [1.165, 1.54) is 136 Å². The molecule has 4 heterocycles. The van der Waals surface area contributed by atoms with Crippen LogP contribution in [0.1, 0.15) is 0 Å². The van der Waals surface area contributed by atoms with Crippen LogP contribution in [0, 0.1) is 0 Å². The molecule has 17 aromatic carbocycles. The van der Waals surface area contributed by atoms with Crippen LogP contribution in [0.3, 0.4) is 0 Å². The van der Waals surface area contributed by atoms with Gasteiger partial charge in [0.1, 0.15) is 32.9 Å². The van der Waals surface area contributed by atoms with Crippen LogP contribution in [0.25, 0.3) is 154 Å². The second-order valence-corrected chi connectivity index (χ2v) is 38.1. The van der Waals surface area contributed by atoms with Crippen molar-refractivity contribution in [1.82, 2.24) is 0 Å².